The summed E-state index contributed by atoms with van der Waals surface area (Å²) in [4.78, 5) is 13.9. The molecule has 0 aromatic carbocycles. The minimum atomic E-state index is -0.126. The van der Waals surface area contributed by atoms with Gasteiger partial charge in [-0.3, -0.25) is 4.79 Å². The van der Waals surface area contributed by atoms with E-state index in [1.807, 2.05) is 11.3 Å². The lowest BCUT2D eigenvalue weighted by Crippen LogP contribution is -2.36. The van der Waals surface area contributed by atoms with Crippen LogP contribution < -0.4 is 11.1 Å². The van der Waals surface area contributed by atoms with E-state index in [-0.39, 0.29) is 11.8 Å². The Hall–Kier alpha value is -0.870. The molecule has 4 heteroatoms. The van der Waals surface area contributed by atoms with E-state index in [0.717, 1.165) is 38.6 Å². The van der Waals surface area contributed by atoms with E-state index in [9.17, 15) is 4.79 Å². The molecule has 1 aromatic rings. The number of aryl methyl sites for hydroxylation is 1. The van der Waals surface area contributed by atoms with Gasteiger partial charge in [0, 0.05) is 28.3 Å². The Kier molecular flexibility index (Phi) is 4.78. The number of rotatable bonds is 5. The summed E-state index contributed by atoms with van der Waals surface area (Å²) in [5.41, 5.74) is 5.34. The van der Waals surface area contributed by atoms with E-state index in [4.69, 9.17) is 5.73 Å². The van der Waals surface area contributed by atoms with Crippen molar-refractivity contribution in [2.24, 2.45) is 11.7 Å². The van der Waals surface area contributed by atoms with Gasteiger partial charge in [-0.15, -0.1) is 11.3 Å². The van der Waals surface area contributed by atoms with Gasteiger partial charge in [0.2, 0.25) is 5.91 Å². The van der Waals surface area contributed by atoms with Crippen molar-refractivity contribution in [3.63, 3.8) is 0 Å². The first kappa shape index (κ1) is 13.6. The van der Waals surface area contributed by atoms with Gasteiger partial charge in [0.05, 0.1) is 0 Å². The molecule has 18 heavy (non-hydrogen) atoms. The average molecular weight is 266 g/mol. The smallest absolute Gasteiger partial charge is 0.220 e. The predicted octanol–water partition coefficient (Wildman–Crippen LogP) is 2.44. The minimum Gasteiger partial charge on any atom is -0.369 e. The predicted molar refractivity (Wildman–Crippen MR) is 75.5 cm³/mol. The molecule has 1 aromatic heterocycles. The van der Waals surface area contributed by atoms with Crippen LogP contribution >= 0.6 is 11.3 Å². The number of nitrogens with two attached hydrogens (primary N) is 1. The summed E-state index contributed by atoms with van der Waals surface area (Å²) >= 11 is 1.89. The summed E-state index contributed by atoms with van der Waals surface area (Å²) in [6, 6.07) is 4.98. The van der Waals surface area contributed by atoms with Crippen LogP contribution in [0.1, 0.15) is 42.4 Å². The zero-order valence-electron chi connectivity index (χ0n) is 10.9. The maximum Gasteiger partial charge on any atom is 0.220 e. The molecule has 0 spiro atoms. The summed E-state index contributed by atoms with van der Waals surface area (Å²) in [6.07, 6.45) is 5.14. The molecule has 0 radical (unpaired) electrons. The maximum atomic E-state index is 11.1. The first-order valence-corrected chi connectivity index (χ1v) is 7.61. The standard InChI is InChI=1S/C14H22N2OS/c1-2-12-7-8-13(18-12)9-16-11-5-3-10(4-6-11)14(15)17/h7-8,10-11,16H,2-6,9H2,1H3,(H2,15,17). The Labute approximate surface area is 113 Å². The summed E-state index contributed by atoms with van der Waals surface area (Å²) in [6.45, 7) is 3.14. The fraction of sp³-hybridized carbons (Fsp3) is 0.643. The van der Waals surface area contributed by atoms with Gasteiger partial charge < -0.3 is 11.1 Å². The molecule has 1 amide bonds. The molecule has 0 aliphatic heterocycles. The van der Waals surface area contributed by atoms with Crippen LogP contribution in [0.2, 0.25) is 0 Å². The highest BCUT2D eigenvalue weighted by atomic mass is 32.1. The van der Waals surface area contributed by atoms with Crippen LogP contribution in [0.5, 0.6) is 0 Å². The van der Waals surface area contributed by atoms with Gasteiger partial charge in [0.15, 0.2) is 0 Å². The van der Waals surface area contributed by atoms with Crippen LogP contribution in [0.25, 0.3) is 0 Å². The minimum absolute atomic E-state index is 0.108. The highest BCUT2D eigenvalue weighted by Gasteiger charge is 2.24. The van der Waals surface area contributed by atoms with Crippen LogP contribution in [-0.4, -0.2) is 11.9 Å². The van der Waals surface area contributed by atoms with Crippen molar-refractivity contribution in [3.05, 3.63) is 21.9 Å². The van der Waals surface area contributed by atoms with E-state index >= 15 is 0 Å². The van der Waals surface area contributed by atoms with Crippen molar-refractivity contribution in [2.75, 3.05) is 0 Å². The number of carbonyl (C=O) groups excluding carboxylic acids is 1. The summed E-state index contributed by atoms with van der Waals surface area (Å²) in [5, 5.41) is 3.59. The van der Waals surface area contributed by atoms with Gasteiger partial charge in [-0.25, -0.2) is 0 Å². The van der Waals surface area contributed by atoms with E-state index in [0.29, 0.717) is 6.04 Å². The van der Waals surface area contributed by atoms with Gasteiger partial charge in [0.25, 0.3) is 0 Å². The lowest BCUT2D eigenvalue weighted by atomic mass is 9.85. The van der Waals surface area contributed by atoms with Crippen molar-refractivity contribution in [3.8, 4) is 0 Å². The lowest BCUT2D eigenvalue weighted by molar-refractivity contribution is -0.122. The third-order valence-electron chi connectivity index (χ3n) is 3.76. The molecule has 0 saturated heterocycles. The van der Waals surface area contributed by atoms with Crippen LogP contribution in [0, 0.1) is 5.92 Å². The summed E-state index contributed by atoms with van der Waals surface area (Å²) < 4.78 is 0. The SMILES string of the molecule is CCc1ccc(CNC2CCC(C(N)=O)CC2)s1. The quantitative estimate of drug-likeness (QED) is 0.860. The van der Waals surface area contributed by atoms with Crippen LogP contribution in [0.15, 0.2) is 12.1 Å². The monoisotopic (exact) mass is 266 g/mol. The first-order chi connectivity index (χ1) is 8.69. The molecule has 1 saturated carbocycles. The third-order valence-corrected chi connectivity index (χ3v) is 4.99. The number of thiophene rings is 1. The Bertz CT molecular complexity index is 394. The van der Waals surface area contributed by atoms with Gasteiger partial charge in [-0.2, -0.15) is 0 Å². The van der Waals surface area contributed by atoms with Gasteiger partial charge in [-0.1, -0.05) is 6.92 Å². The average Bonchev–Trinajstić information content (AvgIpc) is 2.85. The molecule has 2 rings (SSSR count). The number of hydrogen-bond acceptors (Lipinski definition) is 3. The van der Waals surface area contributed by atoms with Gasteiger partial charge in [0.1, 0.15) is 0 Å². The second-order valence-corrected chi connectivity index (χ2v) is 6.31. The Morgan fingerprint density at radius 1 is 1.33 bits per heavy atom. The lowest BCUT2D eigenvalue weighted by Gasteiger charge is -2.27. The highest BCUT2D eigenvalue weighted by molar-refractivity contribution is 7.11. The molecule has 1 heterocycles. The fourth-order valence-electron chi connectivity index (χ4n) is 2.53. The normalized spacial score (nSPS) is 24.1. The van der Waals surface area contributed by atoms with Crippen molar-refractivity contribution in [2.45, 2.75) is 51.6 Å². The maximum absolute atomic E-state index is 11.1. The third kappa shape index (κ3) is 3.56. The first-order valence-electron chi connectivity index (χ1n) is 6.79. The molecule has 0 atom stereocenters. The molecule has 1 aliphatic rings. The Balaban J connectivity index is 1.73. The molecular weight excluding hydrogens is 244 g/mol. The molecular formula is C14H22N2OS. The molecule has 100 valence electrons. The topological polar surface area (TPSA) is 55.1 Å². The highest BCUT2D eigenvalue weighted by Crippen LogP contribution is 2.24. The van der Waals surface area contributed by atoms with E-state index < -0.39 is 0 Å². The number of carbonyl (C=O) groups is 1. The molecule has 3 N–H and O–H groups in total. The second kappa shape index (κ2) is 6.34. The van der Waals surface area contributed by atoms with Crippen molar-refractivity contribution >= 4 is 17.2 Å². The van der Waals surface area contributed by atoms with E-state index in [1.165, 1.54) is 9.75 Å². The molecule has 1 fully saturated rings. The van der Waals surface area contributed by atoms with E-state index in [1.54, 1.807) is 0 Å². The van der Waals surface area contributed by atoms with Crippen molar-refractivity contribution < 1.29 is 4.79 Å². The number of nitrogens with one attached hydrogen (secondary N) is 1. The van der Waals surface area contributed by atoms with Crippen molar-refractivity contribution in [1.29, 1.82) is 0 Å². The van der Waals surface area contributed by atoms with Crippen LogP contribution in [0.3, 0.4) is 0 Å². The number of primary amides is 1. The summed E-state index contributed by atoms with van der Waals surface area (Å²) in [7, 11) is 0. The zero-order chi connectivity index (χ0) is 13.0. The Morgan fingerprint density at radius 3 is 2.56 bits per heavy atom. The molecule has 0 bridgehead atoms. The number of amides is 1. The van der Waals surface area contributed by atoms with E-state index in [2.05, 4.69) is 24.4 Å². The van der Waals surface area contributed by atoms with Gasteiger partial charge >= 0.3 is 0 Å². The second-order valence-electron chi connectivity index (χ2n) is 5.05. The zero-order valence-corrected chi connectivity index (χ0v) is 11.8. The van der Waals surface area contributed by atoms with Crippen LogP contribution in [0.4, 0.5) is 0 Å². The fourth-order valence-corrected chi connectivity index (χ4v) is 3.44. The van der Waals surface area contributed by atoms with Crippen LogP contribution in [-0.2, 0) is 17.8 Å². The number of hydrogen-bond donors (Lipinski definition) is 2. The molecule has 1 aliphatic carbocycles. The largest absolute Gasteiger partial charge is 0.369 e. The van der Waals surface area contributed by atoms with Crippen molar-refractivity contribution in [1.82, 2.24) is 5.32 Å². The van der Waals surface area contributed by atoms with Gasteiger partial charge in [-0.05, 0) is 44.2 Å². The molecule has 0 unspecified atom stereocenters. The molecule has 3 nitrogen and oxygen atoms in total. The Morgan fingerprint density at radius 2 is 2.00 bits per heavy atom. The summed E-state index contributed by atoms with van der Waals surface area (Å²) in [5.74, 6) is -0.0178.